The summed E-state index contributed by atoms with van der Waals surface area (Å²) in [6, 6.07) is 21.7. The lowest BCUT2D eigenvalue weighted by Crippen LogP contribution is -2.51. The summed E-state index contributed by atoms with van der Waals surface area (Å²) in [4.78, 5) is 36.4. The number of benzene rings is 2. The van der Waals surface area contributed by atoms with Crippen LogP contribution >= 0.6 is 11.6 Å². The highest BCUT2D eigenvalue weighted by atomic mass is 35.5. The number of aromatic nitrogens is 5. The van der Waals surface area contributed by atoms with Gasteiger partial charge in [-0.05, 0) is 61.8 Å². The summed E-state index contributed by atoms with van der Waals surface area (Å²) in [6.45, 7) is 0. The van der Waals surface area contributed by atoms with E-state index in [4.69, 9.17) is 21.6 Å². The molecule has 3 N–H and O–H groups in total. The lowest BCUT2D eigenvalue weighted by atomic mass is 9.61. The number of carboxylic acid groups (broad SMARTS) is 1. The molecule has 3 saturated carbocycles. The molecule has 3 aliphatic carbocycles. The van der Waals surface area contributed by atoms with Crippen LogP contribution in [0.3, 0.4) is 0 Å². The van der Waals surface area contributed by atoms with Gasteiger partial charge in [-0.1, -0.05) is 48.0 Å². The number of nitrogens with zero attached hydrogens (tertiary/aromatic N) is 5. The minimum absolute atomic E-state index is 0.173. The molecule has 3 heterocycles. The number of hydrogen-bond acceptors (Lipinski definition) is 7. The second-order valence-electron chi connectivity index (χ2n) is 10.7. The Morgan fingerprint density at radius 1 is 0.927 bits per heavy atom. The Kier molecular flexibility index (Phi) is 6.51. The fourth-order valence-electron chi connectivity index (χ4n) is 6.53. The van der Waals surface area contributed by atoms with Crippen molar-refractivity contribution in [1.29, 1.82) is 0 Å². The summed E-state index contributed by atoms with van der Waals surface area (Å²) in [7, 11) is 0. The van der Waals surface area contributed by atoms with Crippen LogP contribution in [0.1, 0.15) is 25.7 Å². The number of aliphatic carboxylic acids is 1. The molecule has 2 unspecified atom stereocenters. The normalized spacial score (nSPS) is 21.6. The Bertz CT molecular complexity index is 1660. The summed E-state index contributed by atoms with van der Waals surface area (Å²) in [5.74, 6) is 0.872. The molecule has 0 aliphatic heterocycles. The highest BCUT2D eigenvalue weighted by molar-refractivity contribution is 6.29. The van der Waals surface area contributed by atoms with E-state index in [1.807, 2.05) is 66.7 Å². The molecule has 2 atom stereocenters. The predicted octanol–water partition coefficient (Wildman–Crippen LogP) is 6.84. The number of anilines is 4. The van der Waals surface area contributed by atoms with Crippen LogP contribution in [0, 0.1) is 17.8 Å². The molecule has 3 aromatic heterocycles. The van der Waals surface area contributed by atoms with Crippen molar-refractivity contribution in [3.05, 3.63) is 84.3 Å². The second-order valence-corrected chi connectivity index (χ2v) is 11.1. The van der Waals surface area contributed by atoms with Gasteiger partial charge in [0.25, 0.3) is 0 Å². The molecule has 2 bridgehead atoms. The number of para-hydroxylation sites is 2. The van der Waals surface area contributed by atoms with Crippen molar-refractivity contribution in [3.63, 3.8) is 0 Å². The van der Waals surface area contributed by atoms with E-state index in [-0.39, 0.29) is 23.0 Å². The van der Waals surface area contributed by atoms with E-state index >= 15 is 0 Å². The predicted molar refractivity (Wildman–Crippen MR) is 159 cm³/mol. The van der Waals surface area contributed by atoms with E-state index in [1.165, 1.54) is 6.20 Å². The fourth-order valence-corrected chi connectivity index (χ4v) is 6.67. The third-order valence-corrected chi connectivity index (χ3v) is 8.56. The highest BCUT2D eigenvalue weighted by Gasteiger charge is 2.47. The van der Waals surface area contributed by atoms with Crippen molar-refractivity contribution >= 4 is 51.7 Å². The Labute approximate surface area is 241 Å². The zero-order valence-electron chi connectivity index (χ0n) is 22.1. The number of carboxylic acids is 1. The van der Waals surface area contributed by atoms with Gasteiger partial charge in [0, 0.05) is 29.7 Å². The van der Waals surface area contributed by atoms with Crippen LogP contribution in [0.2, 0.25) is 5.15 Å². The fraction of sp³-hybridized carbons (Fsp3) is 0.258. The van der Waals surface area contributed by atoms with Crippen LogP contribution in [-0.2, 0) is 4.79 Å². The monoisotopic (exact) mass is 565 g/mol. The summed E-state index contributed by atoms with van der Waals surface area (Å²) in [6.07, 6.45) is 7.24. The molecule has 3 fully saturated rings. The number of rotatable bonds is 7. The number of H-pyrrole nitrogens is 1. The van der Waals surface area contributed by atoms with Gasteiger partial charge in [-0.25, -0.2) is 19.9 Å². The first-order valence-corrected chi connectivity index (χ1v) is 14.2. The molecule has 206 valence electrons. The van der Waals surface area contributed by atoms with Crippen LogP contribution in [-0.4, -0.2) is 42.0 Å². The molecule has 0 amide bonds. The molecule has 10 heteroatoms. The number of halogens is 1. The van der Waals surface area contributed by atoms with E-state index in [0.717, 1.165) is 37.1 Å². The molecule has 0 spiro atoms. The minimum atomic E-state index is -0.747. The van der Waals surface area contributed by atoms with Crippen molar-refractivity contribution in [1.82, 2.24) is 24.9 Å². The summed E-state index contributed by atoms with van der Waals surface area (Å²) in [5, 5.41) is 14.0. The van der Waals surface area contributed by atoms with Gasteiger partial charge in [-0.15, -0.1) is 0 Å². The number of fused-ring (bicyclic) bond motifs is 4. The van der Waals surface area contributed by atoms with Crippen molar-refractivity contribution in [2.75, 3.05) is 10.2 Å². The van der Waals surface area contributed by atoms with Crippen molar-refractivity contribution in [3.8, 4) is 11.4 Å². The van der Waals surface area contributed by atoms with E-state index < -0.39 is 11.9 Å². The van der Waals surface area contributed by atoms with Gasteiger partial charge in [0.15, 0.2) is 11.5 Å². The van der Waals surface area contributed by atoms with Gasteiger partial charge < -0.3 is 15.4 Å². The Hall–Kier alpha value is -4.50. The van der Waals surface area contributed by atoms with Crippen LogP contribution in [0.25, 0.3) is 22.6 Å². The Morgan fingerprint density at radius 3 is 2.24 bits per heavy atom. The van der Waals surface area contributed by atoms with Crippen LogP contribution in [0.15, 0.2) is 79.1 Å². The first-order valence-electron chi connectivity index (χ1n) is 13.8. The maximum atomic E-state index is 12.4. The SMILES string of the molecule is O=C(O)C1C2CCC(CC2)C1Nc1cc(N(c2ccccc2)c2ccccc2)nc(-c2c[nH]c3ncc(Cl)nc23)n1. The van der Waals surface area contributed by atoms with Gasteiger partial charge in [0.1, 0.15) is 22.3 Å². The Balaban J connectivity index is 1.40. The van der Waals surface area contributed by atoms with Crippen LogP contribution < -0.4 is 10.2 Å². The van der Waals surface area contributed by atoms with E-state index in [0.29, 0.717) is 34.2 Å². The topological polar surface area (TPSA) is 120 Å². The van der Waals surface area contributed by atoms with Gasteiger partial charge in [-0.3, -0.25) is 9.69 Å². The quantitative estimate of drug-likeness (QED) is 0.196. The van der Waals surface area contributed by atoms with Gasteiger partial charge in [0.2, 0.25) is 0 Å². The zero-order valence-corrected chi connectivity index (χ0v) is 22.9. The van der Waals surface area contributed by atoms with Gasteiger partial charge in [-0.2, -0.15) is 0 Å². The maximum absolute atomic E-state index is 12.4. The Morgan fingerprint density at radius 2 is 1.59 bits per heavy atom. The summed E-state index contributed by atoms with van der Waals surface area (Å²) >= 11 is 6.21. The van der Waals surface area contributed by atoms with E-state index in [2.05, 4.69) is 25.2 Å². The second kappa shape index (κ2) is 10.5. The largest absolute Gasteiger partial charge is 0.481 e. The van der Waals surface area contributed by atoms with E-state index in [9.17, 15) is 9.90 Å². The number of nitrogens with one attached hydrogen (secondary N) is 2. The first kappa shape index (κ1) is 25.5. The molecular weight excluding hydrogens is 538 g/mol. The molecule has 3 aliphatic rings. The molecule has 2 aromatic carbocycles. The van der Waals surface area contributed by atoms with Crippen molar-refractivity contribution in [2.45, 2.75) is 31.7 Å². The first-order chi connectivity index (χ1) is 20.0. The molecule has 9 nitrogen and oxygen atoms in total. The lowest BCUT2D eigenvalue weighted by molar-refractivity contribution is -0.148. The number of carbonyl (C=O) groups is 1. The third-order valence-electron chi connectivity index (χ3n) is 8.38. The van der Waals surface area contributed by atoms with Crippen molar-refractivity contribution in [2.24, 2.45) is 17.8 Å². The number of aromatic amines is 1. The molecule has 5 aromatic rings. The maximum Gasteiger partial charge on any atom is 0.308 e. The standard InChI is InChI=1S/C31H28ClN7O2/c32-23-17-34-30-28(35-23)22(16-33-30)29-37-24(36-27-19-13-11-18(12-14-19)26(27)31(40)41)15-25(38-29)39(20-7-3-1-4-8-20)21-9-5-2-6-10-21/h1-10,15-19,26-27H,11-14H2,(H,33,34)(H,40,41)(H,36,37,38). The number of hydrogen-bond donors (Lipinski definition) is 3. The van der Waals surface area contributed by atoms with Crippen LogP contribution in [0.5, 0.6) is 0 Å². The third kappa shape index (κ3) is 4.76. The van der Waals surface area contributed by atoms with E-state index in [1.54, 1.807) is 6.20 Å². The smallest absolute Gasteiger partial charge is 0.308 e. The highest BCUT2D eigenvalue weighted by Crippen LogP contribution is 2.46. The summed E-state index contributed by atoms with van der Waals surface area (Å²) in [5.41, 5.74) is 3.64. The molecule has 41 heavy (non-hydrogen) atoms. The molecule has 8 rings (SSSR count). The van der Waals surface area contributed by atoms with Crippen LogP contribution in [0.4, 0.5) is 23.0 Å². The minimum Gasteiger partial charge on any atom is -0.481 e. The molecule has 0 radical (unpaired) electrons. The van der Waals surface area contributed by atoms with Gasteiger partial charge >= 0.3 is 5.97 Å². The van der Waals surface area contributed by atoms with Gasteiger partial charge in [0.05, 0.1) is 17.7 Å². The molecule has 0 saturated heterocycles. The summed E-state index contributed by atoms with van der Waals surface area (Å²) < 4.78 is 0. The van der Waals surface area contributed by atoms with Crippen molar-refractivity contribution < 1.29 is 9.90 Å². The lowest BCUT2D eigenvalue weighted by Gasteiger charge is -2.47. The zero-order chi connectivity index (χ0) is 27.9. The average Bonchev–Trinajstić information content (AvgIpc) is 3.42. The molecular formula is C31H28ClN7O2. The average molecular weight is 566 g/mol.